The number of Topliss-reactive ketones (excluding diaryl/α,β-unsaturated/α-hetero) is 1. The summed E-state index contributed by atoms with van der Waals surface area (Å²) < 4.78 is 43.0. The second-order valence-corrected chi connectivity index (χ2v) is 19.3. The van der Waals surface area contributed by atoms with E-state index >= 15 is 4.79 Å². The van der Waals surface area contributed by atoms with Gasteiger partial charge in [-0.05, 0) is 56.5 Å². The number of rotatable bonds is 12. The van der Waals surface area contributed by atoms with Crippen LogP contribution in [-0.4, -0.2) is 147 Å². The number of carbonyl (C=O) groups is 6. The van der Waals surface area contributed by atoms with Crippen LogP contribution in [0.15, 0.2) is 83.5 Å². The van der Waals surface area contributed by atoms with Crippen molar-refractivity contribution in [1.82, 2.24) is 5.32 Å². The molecule has 7 rings (SSSR count). The molecule has 2 saturated carbocycles. The number of ether oxygens (including phenoxy) is 7. The highest BCUT2D eigenvalue weighted by Crippen LogP contribution is 2.65. The Labute approximate surface area is 398 Å². The maximum atomic E-state index is 16.2. The van der Waals surface area contributed by atoms with Crippen LogP contribution in [0.5, 0.6) is 0 Å². The first-order valence-corrected chi connectivity index (χ1v) is 22.8. The van der Waals surface area contributed by atoms with Gasteiger partial charge in [0.2, 0.25) is 5.91 Å². The molecule has 2 saturated heterocycles. The van der Waals surface area contributed by atoms with E-state index in [9.17, 15) is 49.5 Å². The number of fused-ring (bicyclic) bond motifs is 5. The number of nitrogens with one attached hydrogen (secondary N) is 1. The third kappa shape index (κ3) is 8.92. The number of hydrogen-bond donors (Lipinski definition) is 6. The lowest BCUT2D eigenvalue weighted by atomic mass is 9.44. The molecule has 4 fully saturated rings. The molecule has 2 heterocycles. The van der Waals surface area contributed by atoms with E-state index in [1.165, 1.54) is 39.8 Å². The van der Waals surface area contributed by atoms with Gasteiger partial charge in [-0.25, -0.2) is 9.59 Å². The summed E-state index contributed by atoms with van der Waals surface area (Å²) >= 11 is 0. The summed E-state index contributed by atoms with van der Waals surface area (Å²) in [6.07, 6.45) is -16.3. The fourth-order valence-corrected chi connectivity index (χ4v) is 11.0. The molecule has 1 amide bonds. The highest BCUT2D eigenvalue weighted by atomic mass is 16.7. The molecular formula is C50H61NO18. The number of aliphatic hydroxyl groups excluding tert-OH is 4. The van der Waals surface area contributed by atoms with E-state index < -0.39 is 150 Å². The van der Waals surface area contributed by atoms with Crippen LogP contribution >= 0.6 is 0 Å². The quantitative estimate of drug-likeness (QED) is 0.0766. The smallest absolute Gasteiger partial charge is 0.338 e. The Morgan fingerprint density at radius 2 is 1.51 bits per heavy atom. The average molecular weight is 964 g/mol. The fraction of sp³-hybridized carbons (Fsp3) is 0.560. The Kier molecular flexibility index (Phi) is 14.5. The largest absolute Gasteiger partial charge is 0.456 e. The molecule has 2 bridgehead atoms. The summed E-state index contributed by atoms with van der Waals surface area (Å²) in [4.78, 5) is 85.0. The first-order chi connectivity index (χ1) is 32.4. The minimum Gasteiger partial charge on any atom is -0.456 e. The third-order valence-electron chi connectivity index (χ3n) is 15.0. The normalized spacial score (nSPS) is 35.8. The van der Waals surface area contributed by atoms with E-state index in [1.807, 2.05) is 0 Å². The number of amides is 1. The Bertz CT molecular complexity index is 2390. The van der Waals surface area contributed by atoms with Crippen LogP contribution < -0.4 is 5.32 Å². The van der Waals surface area contributed by atoms with E-state index in [1.54, 1.807) is 68.5 Å². The van der Waals surface area contributed by atoms with E-state index in [2.05, 4.69) is 5.32 Å². The van der Waals surface area contributed by atoms with E-state index in [0.29, 0.717) is 5.56 Å². The van der Waals surface area contributed by atoms with Crippen LogP contribution in [0.3, 0.4) is 0 Å². The number of benzene rings is 2. The number of ketones is 1. The molecule has 374 valence electrons. The lowest BCUT2D eigenvalue weighted by Crippen LogP contribution is -2.82. The van der Waals surface area contributed by atoms with Gasteiger partial charge < -0.3 is 64.0 Å². The maximum absolute atomic E-state index is 16.2. The van der Waals surface area contributed by atoms with Gasteiger partial charge in [0.1, 0.15) is 42.2 Å². The van der Waals surface area contributed by atoms with Gasteiger partial charge in [-0.15, -0.1) is 0 Å². The summed E-state index contributed by atoms with van der Waals surface area (Å²) in [7, 11) is 0. The molecule has 5 aliphatic rings. The molecule has 19 heteroatoms. The molecule has 2 aliphatic heterocycles. The summed E-state index contributed by atoms with van der Waals surface area (Å²) in [6, 6.07) is 14.5. The van der Waals surface area contributed by atoms with Crippen molar-refractivity contribution < 1.29 is 87.5 Å². The Hall–Kier alpha value is -5.38. The van der Waals surface area contributed by atoms with Gasteiger partial charge >= 0.3 is 23.9 Å². The average Bonchev–Trinajstić information content (AvgIpc) is 3.30. The van der Waals surface area contributed by atoms with Gasteiger partial charge in [0.25, 0.3) is 0 Å². The van der Waals surface area contributed by atoms with Gasteiger partial charge in [-0.1, -0.05) is 68.5 Å². The molecule has 15 atom stereocenters. The van der Waals surface area contributed by atoms with Gasteiger partial charge in [-0.2, -0.15) is 0 Å². The number of esters is 4. The van der Waals surface area contributed by atoms with Gasteiger partial charge in [0, 0.05) is 37.7 Å². The van der Waals surface area contributed by atoms with Crippen molar-refractivity contribution in [3.05, 3.63) is 94.6 Å². The monoisotopic (exact) mass is 963 g/mol. The fourth-order valence-electron chi connectivity index (χ4n) is 11.0. The van der Waals surface area contributed by atoms with Crippen molar-refractivity contribution in [3.63, 3.8) is 0 Å². The van der Waals surface area contributed by atoms with Crippen LogP contribution in [0.1, 0.15) is 90.2 Å². The maximum Gasteiger partial charge on any atom is 0.338 e. The SMILES string of the molecule is C/C=C(\C)C(=O)N[C@@H](c1ccccc1)[C@@H](O)C(=O)O[C@@H]1C[C@@]2(O)[C@H](OC(=O)c3ccccc3)[C@@H]3[C@]4(OC(C)=O)CO[C@@H]4C[C@H](O[C@H]4OC[C@H](O)[C@@H](O)[C@@H]4O)[C@@]3(C)C(=O)[C@@H](OC(C)=O)C(=C1C)C2(C)C. The molecule has 0 unspecified atom stereocenters. The zero-order valence-corrected chi connectivity index (χ0v) is 39.7. The van der Waals surface area contributed by atoms with E-state index in [-0.39, 0.29) is 28.7 Å². The van der Waals surface area contributed by atoms with Gasteiger partial charge in [-0.3, -0.25) is 19.2 Å². The molecule has 6 N–H and O–H groups in total. The summed E-state index contributed by atoms with van der Waals surface area (Å²) in [5.74, 6) is -7.25. The number of hydrogen-bond acceptors (Lipinski definition) is 18. The second-order valence-electron chi connectivity index (χ2n) is 19.3. The van der Waals surface area contributed by atoms with Crippen molar-refractivity contribution in [1.29, 1.82) is 0 Å². The predicted octanol–water partition coefficient (Wildman–Crippen LogP) is 1.85. The van der Waals surface area contributed by atoms with Crippen molar-refractivity contribution in [2.45, 2.75) is 147 Å². The van der Waals surface area contributed by atoms with E-state index in [0.717, 1.165) is 13.8 Å². The standard InChI is InChI=1S/C50H61NO18/c1-9-24(2)43(59)51-35(28-16-12-10-13-17-28)37(56)45(61)66-31-21-50(62)42(68-44(60)29-18-14-11-15-19-29)40-48(8,41(58)39(65-26(4)52)34(25(31)3)47(50,6)7)32(20-33-49(40,23-64-33)69-27(5)53)67-46-38(57)36(55)30(54)22-63-46/h9-19,30-33,35-40,42,46,54-57,62H,20-23H2,1-8H3,(H,51,59)/b24-9+/t30-,31+,32-,33+,35-,36+,37+,38-,39-,40-,42+,46+,48+,49-,50+/m0/s1. The Balaban J connectivity index is 1.44. The lowest BCUT2D eigenvalue weighted by molar-refractivity contribution is -0.366. The van der Waals surface area contributed by atoms with Crippen LogP contribution in [-0.2, 0) is 57.1 Å². The van der Waals surface area contributed by atoms with Crippen LogP contribution in [0.2, 0.25) is 0 Å². The zero-order valence-electron chi connectivity index (χ0n) is 39.7. The van der Waals surface area contributed by atoms with Crippen LogP contribution in [0.4, 0.5) is 0 Å². The van der Waals surface area contributed by atoms with Crippen molar-refractivity contribution in [2.24, 2.45) is 16.7 Å². The predicted molar refractivity (Wildman–Crippen MR) is 238 cm³/mol. The Morgan fingerprint density at radius 1 is 0.870 bits per heavy atom. The van der Waals surface area contributed by atoms with E-state index in [4.69, 9.17) is 33.2 Å². The number of carbonyl (C=O) groups excluding carboxylic acids is 6. The van der Waals surface area contributed by atoms with Gasteiger partial charge in [0.05, 0.1) is 42.3 Å². The van der Waals surface area contributed by atoms with Crippen LogP contribution in [0, 0.1) is 16.7 Å². The second kappa shape index (κ2) is 19.4. The Morgan fingerprint density at radius 3 is 2.09 bits per heavy atom. The number of allylic oxidation sites excluding steroid dienone is 1. The minimum absolute atomic E-state index is 0.0145. The molecule has 2 aromatic rings. The summed E-state index contributed by atoms with van der Waals surface area (Å²) in [5.41, 5.74) is -7.65. The molecular weight excluding hydrogens is 903 g/mol. The van der Waals surface area contributed by atoms with Crippen molar-refractivity contribution >= 4 is 35.6 Å². The molecule has 3 aliphatic carbocycles. The molecule has 19 nitrogen and oxygen atoms in total. The lowest BCUT2D eigenvalue weighted by Gasteiger charge is -2.68. The topological polar surface area (TPSA) is 280 Å². The molecule has 69 heavy (non-hydrogen) atoms. The highest BCUT2D eigenvalue weighted by Gasteiger charge is 2.79. The summed E-state index contributed by atoms with van der Waals surface area (Å²) in [6.45, 7) is 10.4. The third-order valence-corrected chi connectivity index (χ3v) is 15.0. The molecule has 0 aromatic heterocycles. The van der Waals surface area contributed by atoms with Gasteiger partial charge in [0.15, 0.2) is 29.9 Å². The molecule has 2 aromatic carbocycles. The molecule has 0 radical (unpaired) electrons. The van der Waals surface area contributed by atoms with Crippen LogP contribution in [0.25, 0.3) is 0 Å². The van der Waals surface area contributed by atoms with Crippen molar-refractivity contribution in [3.8, 4) is 0 Å². The highest BCUT2D eigenvalue weighted by molar-refractivity contribution is 5.96. The zero-order chi connectivity index (χ0) is 50.5. The van der Waals surface area contributed by atoms with Crippen molar-refractivity contribution in [2.75, 3.05) is 13.2 Å². The first kappa shape index (κ1) is 51.5. The number of aliphatic hydroxyl groups is 5. The first-order valence-electron chi connectivity index (χ1n) is 22.8. The summed E-state index contributed by atoms with van der Waals surface area (Å²) in [5, 5.41) is 60.6. The minimum atomic E-state index is -2.50. The molecule has 0 spiro atoms.